The molecule has 5 aliphatic carbocycles. The molecule has 0 aromatic heterocycles. The molecule has 6 nitrogen and oxygen atoms in total. The SMILES string of the molecule is C[C@]12C=CC(=O)C=C1CC[C@@H]1[C@@H]2[C@@H](O)C[C@@]2(C)[C@H]1C[C@H]1OC(C3CCCC3)O[C@]12C(=O)CO. The molecule has 9 atom stereocenters. The number of ketones is 2. The highest BCUT2D eigenvalue weighted by atomic mass is 16.7. The fourth-order valence-corrected chi connectivity index (χ4v) is 9.15. The minimum Gasteiger partial charge on any atom is -0.393 e. The number of allylic oxidation sites excluding steroid dienone is 4. The van der Waals surface area contributed by atoms with Crippen molar-refractivity contribution in [1.29, 1.82) is 0 Å². The second-order valence-electron chi connectivity index (χ2n) is 11.9. The molecular formula is C27H36O6. The van der Waals surface area contributed by atoms with Crippen molar-refractivity contribution in [3.05, 3.63) is 23.8 Å². The molecular weight excluding hydrogens is 420 g/mol. The summed E-state index contributed by atoms with van der Waals surface area (Å²) in [5.74, 6) is 0.373. The summed E-state index contributed by atoms with van der Waals surface area (Å²) in [6.45, 7) is 3.68. The number of carbonyl (C=O) groups is 2. The van der Waals surface area contributed by atoms with E-state index < -0.39 is 30.0 Å². The van der Waals surface area contributed by atoms with E-state index in [1.807, 2.05) is 6.08 Å². The van der Waals surface area contributed by atoms with Crippen molar-refractivity contribution in [3.8, 4) is 0 Å². The number of Topliss-reactive ketones (excluding diaryl/α,β-unsaturated/α-hetero) is 1. The molecule has 0 radical (unpaired) electrons. The van der Waals surface area contributed by atoms with E-state index in [4.69, 9.17) is 9.47 Å². The van der Waals surface area contributed by atoms with E-state index in [-0.39, 0.29) is 40.8 Å². The molecule has 0 amide bonds. The first-order valence-corrected chi connectivity index (χ1v) is 12.8. The summed E-state index contributed by atoms with van der Waals surface area (Å²) >= 11 is 0. The Morgan fingerprint density at radius 3 is 2.70 bits per heavy atom. The van der Waals surface area contributed by atoms with Gasteiger partial charge in [-0.15, -0.1) is 0 Å². The zero-order valence-corrected chi connectivity index (χ0v) is 19.7. The van der Waals surface area contributed by atoms with Crippen LogP contribution in [0.4, 0.5) is 0 Å². The minimum absolute atomic E-state index is 0.00865. The van der Waals surface area contributed by atoms with Gasteiger partial charge in [0, 0.05) is 22.7 Å². The predicted molar refractivity (Wildman–Crippen MR) is 120 cm³/mol. The molecule has 33 heavy (non-hydrogen) atoms. The molecule has 1 heterocycles. The summed E-state index contributed by atoms with van der Waals surface area (Å²) < 4.78 is 13.2. The summed E-state index contributed by atoms with van der Waals surface area (Å²) in [6.07, 6.45) is 11.3. The number of carbonyl (C=O) groups excluding carboxylic acids is 2. The largest absolute Gasteiger partial charge is 0.393 e. The van der Waals surface area contributed by atoms with Crippen molar-refractivity contribution >= 4 is 11.6 Å². The number of rotatable bonds is 3. The molecule has 5 fully saturated rings. The van der Waals surface area contributed by atoms with Gasteiger partial charge in [-0.3, -0.25) is 9.59 Å². The fraction of sp³-hybridized carbons (Fsp3) is 0.778. The van der Waals surface area contributed by atoms with Gasteiger partial charge < -0.3 is 19.7 Å². The third-order valence-corrected chi connectivity index (χ3v) is 10.6. The van der Waals surface area contributed by atoms with Crippen molar-refractivity contribution in [2.75, 3.05) is 6.61 Å². The summed E-state index contributed by atoms with van der Waals surface area (Å²) in [5, 5.41) is 21.7. The summed E-state index contributed by atoms with van der Waals surface area (Å²) in [7, 11) is 0. The van der Waals surface area contributed by atoms with Crippen LogP contribution < -0.4 is 0 Å². The normalized spacial score (nSPS) is 51.0. The molecule has 1 aliphatic heterocycles. The molecule has 1 saturated heterocycles. The Bertz CT molecular complexity index is 933. The number of hydrogen-bond donors (Lipinski definition) is 2. The van der Waals surface area contributed by atoms with Crippen molar-refractivity contribution in [2.24, 2.45) is 34.5 Å². The summed E-state index contributed by atoms with van der Waals surface area (Å²) in [6, 6.07) is 0. The average molecular weight is 457 g/mol. The minimum atomic E-state index is -1.19. The number of fused-ring (bicyclic) bond motifs is 7. The molecule has 0 spiro atoms. The van der Waals surface area contributed by atoms with Crippen LogP contribution in [0.5, 0.6) is 0 Å². The first-order chi connectivity index (χ1) is 15.7. The van der Waals surface area contributed by atoms with Crippen molar-refractivity contribution in [3.63, 3.8) is 0 Å². The standard InChI is InChI=1S/C27H36O6/c1-25-10-9-17(29)11-16(25)7-8-18-19-12-22-27(21(31)14-28,26(19,2)13-20(30)23(18)25)33-24(32-22)15-5-3-4-6-15/h9-11,15,18-20,22-24,28,30H,3-8,12-14H2,1-2H3/t18-,19-,20-,22+,23+,24?,25-,26-,27+/m0/s1. The number of aliphatic hydroxyl groups is 2. The highest BCUT2D eigenvalue weighted by Gasteiger charge is 2.76. The smallest absolute Gasteiger partial charge is 0.193 e. The van der Waals surface area contributed by atoms with Gasteiger partial charge in [0.2, 0.25) is 0 Å². The van der Waals surface area contributed by atoms with Crippen molar-refractivity contribution in [2.45, 2.75) is 89.3 Å². The van der Waals surface area contributed by atoms with Gasteiger partial charge in [-0.25, -0.2) is 0 Å². The first-order valence-electron chi connectivity index (χ1n) is 12.8. The Labute approximate surface area is 195 Å². The topological polar surface area (TPSA) is 93.1 Å². The Balaban J connectivity index is 1.39. The highest BCUT2D eigenvalue weighted by molar-refractivity contribution is 6.01. The van der Waals surface area contributed by atoms with Gasteiger partial charge >= 0.3 is 0 Å². The van der Waals surface area contributed by atoms with Gasteiger partial charge in [0.25, 0.3) is 0 Å². The van der Waals surface area contributed by atoms with E-state index in [1.54, 1.807) is 12.2 Å². The van der Waals surface area contributed by atoms with Gasteiger partial charge in [0.05, 0.1) is 12.2 Å². The molecule has 6 aliphatic rings. The Hall–Kier alpha value is -1.34. The zero-order valence-electron chi connectivity index (χ0n) is 19.7. The lowest BCUT2D eigenvalue weighted by atomic mass is 9.46. The second kappa shape index (κ2) is 7.33. The quantitative estimate of drug-likeness (QED) is 0.678. The summed E-state index contributed by atoms with van der Waals surface area (Å²) in [5.41, 5.74) is -1.03. The third-order valence-electron chi connectivity index (χ3n) is 10.6. The van der Waals surface area contributed by atoms with Crippen LogP contribution in [0.3, 0.4) is 0 Å². The van der Waals surface area contributed by atoms with Crippen LogP contribution in [0.15, 0.2) is 23.8 Å². The van der Waals surface area contributed by atoms with Crippen LogP contribution >= 0.6 is 0 Å². The lowest BCUT2D eigenvalue weighted by molar-refractivity contribution is -0.207. The van der Waals surface area contributed by atoms with E-state index in [9.17, 15) is 19.8 Å². The Kier molecular flexibility index (Phi) is 4.92. The van der Waals surface area contributed by atoms with E-state index in [0.717, 1.165) is 50.5 Å². The van der Waals surface area contributed by atoms with Crippen LogP contribution in [0.1, 0.15) is 65.2 Å². The Morgan fingerprint density at radius 2 is 1.97 bits per heavy atom. The van der Waals surface area contributed by atoms with Gasteiger partial charge in [-0.2, -0.15) is 0 Å². The molecule has 0 aromatic carbocycles. The maximum absolute atomic E-state index is 13.4. The molecule has 0 aromatic rings. The second-order valence-corrected chi connectivity index (χ2v) is 11.9. The molecule has 6 heteroatoms. The summed E-state index contributed by atoms with van der Waals surface area (Å²) in [4.78, 5) is 25.5. The molecule has 6 rings (SSSR count). The molecule has 4 saturated carbocycles. The van der Waals surface area contributed by atoms with E-state index in [1.165, 1.54) is 0 Å². The van der Waals surface area contributed by atoms with E-state index in [2.05, 4.69) is 13.8 Å². The molecule has 2 N–H and O–H groups in total. The number of hydrogen-bond acceptors (Lipinski definition) is 6. The average Bonchev–Trinajstić information content (AvgIpc) is 3.48. The molecule has 180 valence electrons. The molecule has 0 bridgehead atoms. The maximum Gasteiger partial charge on any atom is 0.193 e. The lowest BCUT2D eigenvalue weighted by Crippen LogP contribution is -2.63. The maximum atomic E-state index is 13.4. The van der Waals surface area contributed by atoms with Gasteiger partial charge in [0.15, 0.2) is 23.5 Å². The number of ether oxygens (including phenoxy) is 2. The lowest BCUT2D eigenvalue weighted by Gasteiger charge is -2.59. The number of aliphatic hydroxyl groups excluding tert-OH is 2. The van der Waals surface area contributed by atoms with Crippen LogP contribution in [0.2, 0.25) is 0 Å². The predicted octanol–water partition coefficient (Wildman–Crippen LogP) is 3.11. The van der Waals surface area contributed by atoms with Crippen LogP contribution in [-0.4, -0.2) is 52.5 Å². The van der Waals surface area contributed by atoms with E-state index >= 15 is 0 Å². The van der Waals surface area contributed by atoms with Crippen LogP contribution in [-0.2, 0) is 19.1 Å². The van der Waals surface area contributed by atoms with E-state index in [0.29, 0.717) is 12.3 Å². The van der Waals surface area contributed by atoms with Gasteiger partial charge in [0.1, 0.15) is 6.61 Å². The molecule has 1 unspecified atom stereocenters. The Morgan fingerprint density at radius 1 is 1.21 bits per heavy atom. The van der Waals surface area contributed by atoms with Crippen LogP contribution in [0, 0.1) is 34.5 Å². The van der Waals surface area contributed by atoms with Gasteiger partial charge in [-0.1, -0.05) is 38.3 Å². The fourth-order valence-electron chi connectivity index (χ4n) is 9.15. The zero-order chi connectivity index (χ0) is 23.2. The van der Waals surface area contributed by atoms with Crippen molar-refractivity contribution in [1.82, 2.24) is 0 Å². The highest BCUT2D eigenvalue weighted by Crippen LogP contribution is 2.70. The van der Waals surface area contributed by atoms with Crippen LogP contribution in [0.25, 0.3) is 0 Å². The van der Waals surface area contributed by atoms with Crippen molar-refractivity contribution < 1.29 is 29.3 Å². The monoisotopic (exact) mass is 456 g/mol. The van der Waals surface area contributed by atoms with Gasteiger partial charge in [-0.05, 0) is 62.5 Å². The third kappa shape index (κ3) is 2.75. The first kappa shape index (κ1) is 22.1.